The summed E-state index contributed by atoms with van der Waals surface area (Å²) in [4.78, 5) is 25.0. The minimum Gasteiger partial charge on any atom is -0.374 e. The highest BCUT2D eigenvalue weighted by atomic mass is 16.6. The molecule has 0 spiro atoms. The molecule has 2 unspecified atom stereocenters. The van der Waals surface area contributed by atoms with Crippen molar-refractivity contribution in [2.45, 2.75) is 31.8 Å². The average molecular weight is 330 g/mol. The van der Waals surface area contributed by atoms with Crippen LogP contribution in [0.3, 0.4) is 0 Å². The number of H-pyrrole nitrogens is 1. The molecule has 0 radical (unpaired) electrons. The SMILES string of the molecule is C=C.O=c1ccn(C2CCC(COCc3ccccc3)O2)c(=O)[nH]1. The number of aromatic amines is 1. The third kappa shape index (κ3) is 4.78. The molecule has 128 valence electrons. The van der Waals surface area contributed by atoms with Gasteiger partial charge in [-0.3, -0.25) is 14.3 Å². The van der Waals surface area contributed by atoms with E-state index in [1.165, 1.54) is 16.8 Å². The number of hydrogen-bond donors (Lipinski definition) is 1. The van der Waals surface area contributed by atoms with E-state index in [4.69, 9.17) is 9.47 Å². The molecule has 6 heteroatoms. The topological polar surface area (TPSA) is 73.3 Å². The quantitative estimate of drug-likeness (QED) is 0.853. The van der Waals surface area contributed by atoms with Crippen molar-refractivity contribution in [3.05, 3.63) is 82.2 Å². The summed E-state index contributed by atoms with van der Waals surface area (Å²) in [5.41, 5.74) is 0.277. The van der Waals surface area contributed by atoms with E-state index in [2.05, 4.69) is 18.1 Å². The van der Waals surface area contributed by atoms with E-state index < -0.39 is 11.2 Å². The van der Waals surface area contributed by atoms with Crippen molar-refractivity contribution in [2.24, 2.45) is 0 Å². The molecule has 2 aromatic rings. The summed E-state index contributed by atoms with van der Waals surface area (Å²) in [6.45, 7) is 7.04. The first-order valence-corrected chi connectivity index (χ1v) is 7.81. The first kappa shape index (κ1) is 17.9. The molecule has 1 aliphatic heterocycles. The molecular weight excluding hydrogens is 308 g/mol. The van der Waals surface area contributed by atoms with Crippen molar-refractivity contribution in [1.82, 2.24) is 9.55 Å². The van der Waals surface area contributed by atoms with E-state index >= 15 is 0 Å². The molecule has 1 N–H and O–H groups in total. The molecule has 1 aromatic carbocycles. The smallest absolute Gasteiger partial charge is 0.330 e. The van der Waals surface area contributed by atoms with Crippen molar-refractivity contribution in [3.63, 3.8) is 0 Å². The Kier molecular flexibility index (Phi) is 6.72. The van der Waals surface area contributed by atoms with Crippen LogP contribution in [0.2, 0.25) is 0 Å². The van der Waals surface area contributed by atoms with Crippen molar-refractivity contribution in [3.8, 4) is 0 Å². The molecule has 24 heavy (non-hydrogen) atoms. The zero-order valence-electron chi connectivity index (χ0n) is 13.5. The molecule has 0 amide bonds. The van der Waals surface area contributed by atoms with Gasteiger partial charge < -0.3 is 9.47 Å². The second kappa shape index (κ2) is 9.00. The lowest BCUT2D eigenvalue weighted by atomic mass is 10.2. The van der Waals surface area contributed by atoms with Gasteiger partial charge in [0.05, 0.1) is 19.3 Å². The van der Waals surface area contributed by atoms with Gasteiger partial charge in [-0.2, -0.15) is 0 Å². The van der Waals surface area contributed by atoms with E-state index in [1.807, 2.05) is 30.3 Å². The lowest BCUT2D eigenvalue weighted by molar-refractivity contribution is -0.0462. The Bertz CT molecular complexity index is 738. The maximum atomic E-state index is 11.7. The number of aromatic nitrogens is 2. The molecule has 0 aliphatic carbocycles. The Hall–Kier alpha value is -2.44. The highest BCUT2D eigenvalue weighted by Crippen LogP contribution is 2.27. The third-order valence-electron chi connectivity index (χ3n) is 3.66. The number of benzene rings is 1. The fourth-order valence-corrected chi connectivity index (χ4v) is 2.55. The molecule has 3 rings (SSSR count). The van der Waals surface area contributed by atoms with Gasteiger partial charge in [0.15, 0.2) is 0 Å². The van der Waals surface area contributed by atoms with Gasteiger partial charge in [-0.1, -0.05) is 30.3 Å². The van der Waals surface area contributed by atoms with Crippen LogP contribution in [0.5, 0.6) is 0 Å². The van der Waals surface area contributed by atoms with Crippen molar-refractivity contribution >= 4 is 0 Å². The van der Waals surface area contributed by atoms with Gasteiger partial charge in [0.1, 0.15) is 6.23 Å². The molecule has 1 aromatic heterocycles. The van der Waals surface area contributed by atoms with Crippen LogP contribution in [-0.2, 0) is 16.1 Å². The molecule has 6 nitrogen and oxygen atoms in total. The third-order valence-corrected chi connectivity index (χ3v) is 3.66. The molecule has 2 atom stereocenters. The van der Waals surface area contributed by atoms with Gasteiger partial charge >= 0.3 is 5.69 Å². The summed E-state index contributed by atoms with van der Waals surface area (Å²) in [6, 6.07) is 11.3. The molecule has 1 fully saturated rings. The van der Waals surface area contributed by atoms with Crippen LogP contribution < -0.4 is 11.2 Å². The minimum atomic E-state index is -0.441. The second-order valence-electron chi connectivity index (χ2n) is 5.31. The summed E-state index contributed by atoms with van der Waals surface area (Å²) >= 11 is 0. The predicted octanol–water partition coefficient (Wildman–Crippen LogP) is 2.23. The largest absolute Gasteiger partial charge is 0.374 e. The van der Waals surface area contributed by atoms with Gasteiger partial charge in [-0.15, -0.1) is 13.2 Å². The number of ether oxygens (including phenoxy) is 2. The minimum absolute atomic E-state index is 0.0347. The molecule has 2 heterocycles. The van der Waals surface area contributed by atoms with E-state index in [0.29, 0.717) is 13.2 Å². The number of nitrogens with one attached hydrogen (secondary N) is 1. The molecular formula is C18H22N2O4. The highest BCUT2D eigenvalue weighted by Gasteiger charge is 2.27. The maximum absolute atomic E-state index is 11.7. The van der Waals surface area contributed by atoms with Crippen LogP contribution in [0.1, 0.15) is 24.6 Å². The fourth-order valence-electron chi connectivity index (χ4n) is 2.55. The summed E-state index contributed by atoms with van der Waals surface area (Å²) in [5, 5.41) is 0. The summed E-state index contributed by atoms with van der Waals surface area (Å²) in [6.07, 6.45) is 2.65. The summed E-state index contributed by atoms with van der Waals surface area (Å²) in [7, 11) is 0. The van der Waals surface area contributed by atoms with Crippen LogP contribution in [0.15, 0.2) is 65.3 Å². The first-order chi connectivity index (χ1) is 11.7. The summed E-state index contributed by atoms with van der Waals surface area (Å²) in [5.74, 6) is 0. The van der Waals surface area contributed by atoms with Gasteiger partial charge in [0, 0.05) is 12.3 Å². The lowest BCUT2D eigenvalue weighted by Gasteiger charge is -2.15. The van der Waals surface area contributed by atoms with E-state index in [1.54, 1.807) is 0 Å². The molecule has 1 aliphatic rings. The summed E-state index contributed by atoms with van der Waals surface area (Å²) < 4.78 is 12.9. The van der Waals surface area contributed by atoms with E-state index in [9.17, 15) is 9.59 Å². The number of rotatable bonds is 5. The van der Waals surface area contributed by atoms with Crippen LogP contribution in [0.4, 0.5) is 0 Å². The fraction of sp³-hybridized carbons (Fsp3) is 0.333. The Labute approximate surface area is 140 Å². The first-order valence-electron chi connectivity index (χ1n) is 7.81. The Balaban J connectivity index is 0.00000100. The number of hydrogen-bond acceptors (Lipinski definition) is 4. The van der Waals surface area contributed by atoms with Gasteiger partial charge in [0.25, 0.3) is 5.56 Å². The Morgan fingerprint density at radius 3 is 2.62 bits per heavy atom. The predicted molar refractivity (Wildman–Crippen MR) is 91.8 cm³/mol. The van der Waals surface area contributed by atoms with Gasteiger partial charge in [-0.05, 0) is 18.4 Å². The van der Waals surface area contributed by atoms with Crippen LogP contribution >= 0.6 is 0 Å². The van der Waals surface area contributed by atoms with Crippen LogP contribution in [-0.4, -0.2) is 22.3 Å². The lowest BCUT2D eigenvalue weighted by Crippen LogP contribution is -2.31. The Morgan fingerprint density at radius 1 is 1.17 bits per heavy atom. The highest BCUT2D eigenvalue weighted by molar-refractivity contribution is 5.13. The molecule has 0 saturated carbocycles. The monoisotopic (exact) mass is 330 g/mol. The Morgan fingerprint density at radius 2 is 1.92 bits per heavy atom. The second-order valence-corrected chi connectivity index (χ2v) is 5.31. The zero-order chi connectivity index (χ0) is 17.4. The number of nitrogens with zero attached hydrogens (tertiary/aromatic N) is 1. The van der Waals surface area contributed by atoms with E-state index in [0.717, 1.165) is 18.4 Å². The molecule has 0 bridgehead atoms. The average Bonchev–Trinajstić information content (AvgIpc) is 3.06. The van der Waals surface area contributed by atoms with Gasteiger partial charge in [0.2, 0.25) is 0 Å². The standard InChI is InChI=1S/C16H18N2O4.C2H4/c19-14-8-9-18(16(20)17-14)15-7-6-13(22-15)11-21-10-12-4-2-1-3-5-12;1-2/h1-5,8-9,13,15H,6-7,10-11H2,(H,17,19,20);1-2H2. The van der Waals surface area contributed by atoms with Gasteiger partial charge in [-0.25, -0.2) is 4.79 Å². The van der Waals surface area contributed by atoms with Crippen molar-refractivity contribution in [1.29, 1.82) is 0 Å². The van der Waals surface area contributed by atoms with E-state index in [-0.39, 0.29) is 12.3 Å². The van der Waals surface area contributed by atoms with Crippen LogP contribution in [0, 0.1) is 0 Å². The maximum Gasteiger partial charge on any atom is 0.330 e. The van der Waals surface area contributed by atoms with Crippen molar-refractivity contribution < 1.29 is 9.47 Å². The normalized spacial score (nSPS) is 19.5. The zero-order valence-corrected chi connectivity index (χ0v) is 13.5. The van der Waals surface area contributed by atoms with Crippen molar-refractivity contribution in [2.75, 3.05) is 6.61 Å². The molecule has 1 saturated heterocycles. The van der Waals surface area contributed by atoms with Crippen LogP contribution in [0.25, 0.3) is 0 Å².